The molecule has 7 nitrogen and oxygen atoms in total. The maximum absolute atomic E-state index is 12.7. The van der Waals surface area contributed by atoms with Crippen LogP contribution in [0.15, 0.2) is 53.4 Å². The molecule has 9 heteroatoms. The fourth-order valence-electron chi connectivity index (χ4n) is 3.41. The average Bonchev–Trinajstić information content (AvgIpc) is 3.11. The van der Waals surface area contributed by atoms with E-state index in [1.54, 1.807) is 17.9 Å². The molecule has 1 N–H and O–H groups in total. The molecule has 160 valence electrons. The van der Waals surface area contributed by atoms with Gasteiger partial charge in [0, 0.05) is 19.0 Å². The zero-order chi connectivity index (χ0) is 21.9. The number of likely N-dealkylation sites (tertiary alicyclic amines) is 1. The Morgan fingerprint density at radius 1 is 1.27 bits per heavy atom. The van der Waals surface area contributed by atoms with Crippen LogP contribution in [-0.4, -0.2) is 38.3 Å². The van der Waals surface area contributed by atoms with Gasteiger partial charge in [0.1, 0.15) is 10.6 Å². The van der Waals surface area contributed by atoms with Crippen molar-refractivity contribution < 1.29 is 22.7 Å². The van der Waals surface area contributed by atoms with Crippen molar-refractivity contribution in [1.82, 2.24) is 9.62 Å². The summed E-state index contributed by atoms with van der Waals surface area (Å²) in [5.74, 6) is -1.37. The predicted octanol–water partition coefficient (Wildman–Crippen LogP) is 3.15. The Morgan fingerprint density at radius 2 is 1.97 bits per heavy atom. The van der Waals surface area contributed by atoms with E-state index >= 15 is 0 Å². The molecule has 0 saturated carbocycles. The molecule has 0 bridgehead atoms. The molecule has 2 amide bonds. The summed E-state index contributed by atoms with van der Waals surface area (Å²) in [6.07, 6.45) is -0.0504. The Balaban J connectivity index is 1.73. The molecule has 2 aromatic rings. The fraction of sp³-hybridized carbons (Fsp3) is 0.333. The maximum Gasteiger partial charge on any atom is 0.265 e. The van der Waals surface area contributed by atoms with Crippen LogP contribution in [0.4, 0.5) is 0 Å². The molecular weight excluding hydrogens is 428 g/mol. The highest BCUT2D eigenvalue weighted by Crippen LogP contribution is 2.30. The number of hydrogen-bond acceptors (Lipinski definition) is 5. The summed E-state index contributed by atoms with van der Waals surface area (Å²) in [7, 11) is -4.22. The van der Waals surface area contributed by atoms with E-state index in [-0.39, 0.29) is 34.8 Å². The summed E-state index contributed by atoms with van der Waals surface area (Å²) in [6.45, 7) is 4.14. The van der Waals surface area contributed by atoms with Crippen molar-refractivity contribution in [2.75, 3.05) is 13.2 Å². The number of carbonyl (C=O) groups excluding carboxylic acids is 2. The summed E-state index contributed by atoms with van der Waals surface area (Å²) >= 11 is 6.03. The molecule has 1 saturated heterocycles. The number of nitrogens with one attached hydrogen (secondary N) is 1. The van der Waals surface area contributed by atoms with Crippen LogP contribution in [0, 0.1) is 5.92 Å². The first-order valence-corrected chi connectivity index (χ1v) is 11.4. The second kappa shape index (κ2) is 9.06. The Morgan fingerprint density at radius 3 is 2.63 bits per heavy atom. The minimum atomic E-state index is -4.22. The van der Waals surface area contributed by atoms with E-state index in [0.29, 0.717) is 12.4 Å². The minimum absolute atomic E-state index is 0.0272. The topological polar surface area (TPSA) is 92.8 Å². The van der Waals surface area contributed by atoms with E-state index in [2.05, 4.69) is 4.72 Å². The number of ether oxygens (including phenoxy) is 1. The summed E-state index contributed by atoms with van der Waals surface area (Å²) in [4.78, 5) is 26.5. The van der Waals surface area contributed by atoms with Crippen molar-refractivity contribution in [3.63, 3.8) is 0 Å². The smallest absolute Gasteiger partial charge is 0.265 e. The average molecular weight is 451 g/mol. The number of hydrogen-bond donors (Lipinski definition) is 1. The van der Waals surface area contributed by atoms with Crippen LogP contribution in [-0.2, 0) is 19.6 Å². The normalized spacial score (nSPS) is 17.6. The van der Waals surface area contributed by atoms with Crippen LogP contribution in [0.2, 0.25) is 5.02 Å². The van der Waals surface area contributed by atoms with Crippen LogP contribution in [0.1, 0.15) is 31.9 Å². The van der Waals surface area contributed by atoms with Gasteiger partial charge in [-0.1, -0.05) is 41.9 Å². The standard InChI is InChI=1S/C21H23ClN2O5S/c1-3-29-17-9-10-18(22)19(12-17)30(27,28)23-21(26)16-11-20(25)24(13-16)14(2)15-7-5-4-6-8-15/h4-10,12,14,16H,3,11,13H2,1-2H3,(H,23,26). The molecule has 1 aliphatic rings. The number of carbonyl (C=O) groups is 2. The van der Waals surface area contributed by atoms with Gasteiger partial charge in [0.2, 0.25) is 11.8 Å². The third-order valence-corrected chi connectivity index (χ3v) is 6.85. The summed E-state index contributed by atoms with van der Waals surface area (Å²) in [6, 6.07) is 13.4. The highest BCUT2D eigenvalue weighted by molar-refractivity contribution is 7.90. The number of sulfonamides is 1. The highest BCUT2D eigenvalue weighted by Gasteiger charge is 2.38. The second-order valence-electron chi connectivity index (χ2n) is 7.03. The molecule has 1 heterocycles. The Labute approximate surface area is 181 Å². The van der Waals surface area contributed by atoms with Gasteiger partial charge in [0.25, 0.3) is 10.0 Å². The first-order valence-electron chi connectivity index (χ1n) is 9.56. The van der Waals surface area contributed by atoms with E-state index < -0.39 is 21.8 Å². The third-order valence-electron chi connectivity index (χ3n) is 5.02. The van der Waals surface area contributed by atoms with Crippen molar-refractivity contribution >= 4 is 33.4 Å². The molecule has 3 rings (SSSR count). The zero-order valence-electron chi connectivity index (χ0n) is 16.7. The van der Waals surface area contributed by atoms with Gasteiger partial charge in [-0.3, -0.25) is 9.59 Å². The quantitative estimate of drug-likeness (QED) is 0.699. The summed E-state index contributed by atoms with van der Waals surface area (Å²) in [5.41, 5.74) is 0.944. The van der Waals surface area contributed by atoms with Crippen LogP contribution in [0.5, 0.6) is 5.75 Å². The monoisotopic (exact) mass is 450 g/mol. The van der Waals surface area contributed by atoms with Gasteiger partial charge in [0.15, 0.2) is 0 Å². The molecule has 1 aliphatic heterocycles. The Kier molecular flexibility index (Phi) is 6.67. The lowest BCUT2D eigenvalue weighted by Crippen LogP contribution is -2.37. The van der Waals surface area contributed by atoms with Gasteiger partial charge in [-0.15, -0.1) is 0 Å². The molecule has 1 fully saturated rings. The minimum Gasteiger partial charge on any atom is -0.494 e. The molecule has 2 aromatic carbocycles. The lowest BCUT2D eigenvalue weighted by atomic mass is 10.1. The van der Waals surface area contributed by atoms with Crippen molar-refractivity contribution in [3.8, 4) is 5.75 Å². The Bertz CT molecular complexity index is 1040. The predicted molar refractivity (Wildman–Crippen MR) is 113 cm³/mol. The molecule has 0 aromatic heterocycles. The van der Waals surface area contributed by atoms with Crippen molar-refractivity contribution in [2.45, 2.75) is 31.2 Å². The van der Waals surface area contributed by atoms with Gasteiger partial charge in [-0.05, 0) is 31.5 Å². The first kappa shape index (κ1) is 22.1. The maximum atomic E-state index is 12.7. The van der Waals surface area contributed by atoms with Crippen LogP contribution in [0.3, 0.4) is 0 Å². The lowest BCUT2D eigenvalue weighted by Gasteiger charge is -2.25. The van der Waals surface area contributed by atoms with E-state index in [9.17, 15) is 18.0 Å². The molecule has 0 spiro atoms. The number of amides is 2. The van der Waals surface area contributed by atoms with E-state index in [1.165, 1.54) is 12.1 Å². The van der Waals surface area contributed by atoms with Gasteiger partial charge in [-0.25, -0.2) is 13.1 Å². The van der Waals surface area contributed by atoms with Crippen molar-refractivity contribution in [2.24, 2.45) is 5.92 Å². The molecule has 2 atom stereocenters. The highest BCUT2D eigenvalue weighted by atomic mass is 35.5. The van der Waals surface area contributed by atoms with Gasteiger partial charge >= 0.3 is 0 Å². The molecule has 0 aliphatic carbocycles. The van der Waals surface area contributed by atoms with E-state index in [1.807, 2.05) is 37.3 Å². The Hall–Kier alpha value is -2.58. The van der Waals surface area contributed by atoms with Crippen molar-refractivity contribution in [3.05, 3.63) is 59.1 Å². The van der Waals surface area contributed by atoms with Crippen LogP contribution < -0.4 is 9.46 Å². The van der Waals surface area contributed by atoms with Gasteiger partial charge in [-0.2, -0.15) is 0 Å². The first-order chi connectivity index (χ1) is 14.2. The lowest BCUT2D eigenvalue weighted by molar-refractivity contribution is -0.130. The van der Waals surface area contributed by atoms with Gasteiger partial charge < -0.3 is 9.64 Å². The third kappa shape index (κ3) is 4.76. The number of nitrogens with zero attached hydrogens (tertiary/aromatic N) is 1. The number of rotatable bonds is 7. The summed E-state index contributed by atoms with van der Waals surface area (Å²) in [5, 5.41) is -0.0272. The van der Waals surface area contributed by atoms with Crippen molar-refractivity contribution in [1.29, 1.82) is 0 Å². The molecule has 0 radical (unpaired) electrons. The molecular formula is C21H23ClN2O5S. The van der Waals surface area contributed by atoms with Crippen LogP contribution >= 0.6 is 11.6 Å². The summed E-state index contributed by atoms with van der Waals surface area (Å²) < 4.78 is 32.8. The van der Waals surface area contributed by atoms with Crippen LogP contribution in [0.25, 0.3) is 0 Å². The molecule has 30 heavy (non-hydrogen) atoms. The molecule has 2 unspecified atom stereocenters. The number of benzene rings is 2. The van der Waals surface area contributed by atoms with Gasteiger partial charge in [0.05, 0.1) is 23.6 Å². The second-order valence-corrected chi connectivity index (χ2v) is 9.09. The fourth-order valence-corrected chi connectivity index (χ4v) is 4.97. The largest absolute Gasteiger partial charge is 0.494 e. The number of halogens is 1. The van der Waals surface area contributed by atoms with E-state index in [0.717, 1.165) is 5.56 Å². The van der Waals surface area contributed by atoms with E-state index in [4.69, 9.17) is 16.3 Å². The SMILES string of the molecule is CCOc1ccc(Cl)c(S(=O)(=O)NC(=O)C2CC(=O)N(C(C)c3ccccc3)C2)c1. The zero-order valence-corrected chi connectivity index (χ0v) is 18.2.